The van der Waals surface area contributed by atoms with Gasteiger partial charge in [0.15, 0.2) is 5.78 Å². The molecule has 1 rings (SSSR count). The molecular weight excluding hydrogens is 264 g/mol. The van der Waals surface area contributed by atoms with Gasteiger partial charge in [-0.15, -0.1) is 0 Å². The average Bonchev–Trinajstić information content (AvgIpc) is 2.58. The molecule has 4 atom stereocenters. The van der Waals surface area contributed by atoms with Crippen molar-refractivity contribution in [2.24, 2.45) is 17.3 Å². The summed E-state index contributed by atoms with van der Waals surface area (Å²) in [5, 5.41) is 9.89. The summed E-state index contributed by atoms with van der Waals surface area (Å²) in [5.74, 6) is -4.44. The third-order valence-corrected chi connectivity index (χ3v) is 4.42. The van der Waals surface area contributed by atoms with Crippen LogP contribution in [-0.4, -0.2) is 35.7 Å². The maximum absolute atomic E-state index is 12.4. The first kappa shape index (κ1) is 16.6. The number of hydrogen-bond acceptors (Lipinski definition) is 6. The van der Waals surface area contributed by atoms with Crippen LogP contribution in [0, 0.1) is 17.3 Å². The van der Waals surface area contributed by atoms with Gasteiger partial charge in [-0.25, -0.2) is 0 Å². The minimum Gasteiger partial charge on any atom is -0.468 e. The number of hydrogen-bond donors (Lipinski definition) is 1. The molecule has 6 nitrogen and oxygen atoms in total. The predicted octanol–water partition coefficient (Wildman–Crippen LogP) is 1.05. The number of Topliss-reactive ketones (excluding diaryl/α,β-unsaturated/α-hetero) is 1. The zero-order valence-electron chi connectivity index (χ0n) is 12.6. The van der Waals surface area contributed by atoms with Gasteiger partial charge in [-0.3, -0.25) is 14.4 Å². The lowest BCUT2D eigenvalue weighted by molar-refractivity contribution is -0.190. The smallest absolute Gasteiger partial charge is 0.319 e. The lowest BCUT2D eigenvalue weighted by atomic mass is 9.76. The highest BCUT2D eigenvalue weighted by molar-refractivity contribution is 6.04. The molecule has 1 saturated heterocycles. The molecule has 0 saturated carbocycles. The molecule has 0 aromatic carbocycles. The quantitative estimate of drug-likeness (QED) is 0.600. The first-order chi connectivity index (χ1) is 9.10. The highest BCUT2D eigenvalue weighted by atomic mass is 16.7. The standard InChI is InChI=1S/C14H22O6/c1-6-13(3,12(17)19-5)10(15)7-9-8(2)14(4,18)20-11(9)16/h8-9,18H,6-7H2,1-5H3. The summed E-state index contributed by atoms with van der Waals surface area (Å²) < 4.78 is 9.52. The fourth-order valence-electron chi connectivity index (χ4n) is 2.32. The van der Waals surface area contributed by atoms with Crippen molar-refractivity contribution in [3.63, 3.8) is 0 Å². The third-order valence-electron chi connectivity index (χ3n) is 4.42. The summed E-state index contributed by atoms with van der Waals surface area (Å²) in [6.45, 7) is 6.25. The van der Waals surface area contributed by atoms with Crippen LogP contribution in [0.5, 0.6) is 0 Å². The molecule has 1 aliphatic heterocycles. The highest BCUT2D eigenvalue weighted by Crippen LogP contribution is 2.39. The van der Waals surface area contributed by atoms with Crippen molar-refractivity contribution in [2.75, 3.05) is 7.11 Å². The number of methoxy groups -OCH3 is 1. The van der Waals surface area contributed by atoms with Gasteiger partial charge in [0.05, 0.1) is 13.0 Å². The highest BCUT2D eigenvalue weighted by Gasteiger charge is 2.52. The van der Waals surface area contributed by atoms with Gasteiger partial charge in [-0.1, -0.05) is 13.8 Å². The van der Waals surface area contributed by atoms with Gasteiger partial charge in [-0.2, -0.15) is 0 Å². The number of carbonyl (C=O) groups excluding carboxylic acids is 3. The minimum absolute atomic E-state index is 0.143. The number of ketones is 1. The zero-order valence-corrected chi connectivity index (χ0v) is 12.6. The van der Waals surface area contributed by atoms with Crippen molar-refractivity contribution in [2.45, 2.75) is 46.3 Å². The lowest BCUT2D eigenvalue weighted by Gasteiger charge is -2.26. The van der Waals surface area contributed by atoms with Crippen LogP contribution in [0.15, 0.2) is 0 Å². The topological polar surface area (TPSA) is 89.9 Å². The Balaban J connectivity index is 2.90. The Kier molecular flexibility index (Phi) is 4.59. The summed E-state index contributed by atoms with van der Waals surface area (Å²) >= 11 is 0. The zero-order chi connectivity index (χ0) is 15.7. The largest absolute Gasteiger partial charge is 0.468 e. The van der Waals surface area contributed by atoms with E-state index in [2.05, 4.69) is 4.74 Å². The van der Waals surface area contributed by atoms with Crippen molar-refractivity contribution in [1.29, 1.82) is 0 Å². The van der Waals surface area contributed by atoms with Gasteiger partial charge < -0.3 is 14.6 Å². The van der Waals surface area contributed by atoms with E-state index in [0.717, 1.165) is 0 Å². The van der Waals surface area contributed by atoms with E-state index < -0.39 is 35.0 Å². The average molecular weight is 286 g/mol. The van der Waals surface area contributed by atoms with Gasteiger partial charge >= 0.3 is 11.9 Å². The van der Waals surface area contributed by atoms with Crippen LogP contribution in [0.25, 0.3) is 0 Å². The minimum atomic E-state index is -1.57. The molecule has 6 heteroatoms. The third kappa shape index (κ3) is 2.70. The summed E-state index contributed by atoms with van der Waals surface area (Å²) in [6.07, 6.45) is 0.140. The van der Waals surface area contributed by atoms with Crippen LogP contribution in [0.2, 0.25) is 0 Å². The monoisotopic (exact) mass is 286 g/mol. The van der Waals surface area contributed by atoms with Crippen molar-refractivity contribution in [3.8, 4) is 0 Å². The molecular formula is C14H22O6. The van der Waals surface area contributed by atoms with Crippen LogP contribution < -0.4 is 0 Å². The van der Waals surface area contributed by atoms with Crippen LogP contribution in [0.3, 0.4) is 0 Å². The van der Waals surface area contributed by atoms with Gasteiger partial charge in [0, 0.05) is 19.3 Å². The van der Waals surface area contributed by atoms with Gasteiger partial charge in [0.1, 0.15) is 5.41 Å². The van der Waals surface area contributed by atoms with E-state index in [9.17, 15) is 19.5 Å². The molecule has 0 aliphatic carbocycles. The molecule has 0 bridgehead atoms. The summed E-state index contributed by atoms with van der Waals surface area (Å²) in [7, 11) is 1.22. The van der Waals surface area contributed by atoms with E-state index in [4.69, 9.17) is 4.74 Å². The van der Waals surface area contributed by atoms with Gasteiger partial charge in [0.25, 0.3) is 0 Å². The van der Waals surface area contributed by atoms with Crippen LogP contribution in [-0.2, 0) is 23.9 Å². The number of ether oxygens (including phenoxy) is 2. The molecule has 0 spiro atoms. The molecule has 1 N–H and O–H groups in total. The second-order valence-corrected chi connectivity index (χ2v) is 5.68. The molecule has 0 aromatic rings. The second-order valence-electron chi connectivity index (χ2n) is 5.68. The maximum Gasteiger partial charge on any atom is 0.319 e. The molecule has 1 heterocycles. The molecule has 20 heavy (non-hydrogen) atoms. The first-order valence-electron chi connectivity index (χ1n) is 6.67. The van der Waals surface area contributed by atoms with Crippen LogP contribution >= 0.6 is 0 Å². The Labute approximate surface area is 118 Å². The van der Waals surface area contributed by atoms with Crippen molar-refractivity contribution in [1.82, 2.24) is 0 Å². The molecule has 1 aliphatic rings. The van der Waals surface area contributed by atoms with E-state index in [0.29, 0.717) is 0 Å². The van der Waals surface area contributed by atoms with Crippen molar-refractivity contribution < 1.29 is 29.0 Å². The van der Waals surface area contributed by atoms with E-state index in [1.807, 2.05) is 0 Å². The predicted molar refractivity (Wildman–Crippen MR) is 69.4 cm³/mol. The fraction of sp³-hybridized carbons (Fsp3) is 0.786. The normalized spacial score (nSPS) is 32.4. The number of carbonyl (C=O) groups is 3. The van der Waals surface area contributed by atoms with Gasteiger partial charge in [-0.05, 0) is 13.3 Å². The van der Waals surface area contributed by atoms with Crippen molar-refractivity contribution in [3.05, 3.63) is 0 Å². The summed E-state index contributed by atoms with van der Waals surface area (Å²) in [5.41, 5.74) is -1.27. The Morgan fingerprint density at radius 1 is 1.50 bits per heavy atom. The number of aliphatic hydroxyl groups is 1. The molecule has 4 unspecified atom stereocenters. The Morgan fingerprint density at radius 2 is 2.05 bits per heavy atom. The Hall–Kier alpha value is -1.43. The molecule has 0 radical (unpaired) electrons. The van der Waals surface area contributed by atoms with E-state index >= 15 is 0 Å². The van der Waals surface area contributed by atoms with E-state index in [1.165, 1.54) is 21.0 Å². The number of cyclic esters (lactones) is 1. The van der Waals surface area contributed by atoms with Crippen LogP contribution in [0.4, 0.5) is 0 Å². The molecule has 1 fully saturated rings. The van der Waals surface area contributed by atoms with E-state index in [-0.39, 0.29) is 18.6 Å². The number of rotatable bonds is 5. The summed E-state index contributed by atoms with van der Waals surface area (Å²) in [6, 6.07) is 0. The second kappa shape index (κ2) is 5.52. The summed E-state index contributed by atoms with van der Waals surface area (Å²) in [4.78, 5) is 35.9. The van der Waals surface area contributed by atoms with Gasteiger partial charge in [0.2, 0.25) is 5.79 Å². The Morgan fingerprint density at radius 3 is 2.40 bits per heavy atom. The Bertz CT molecular complexity index is 427. The molecule has 0 aromatic heterocycles. The molecule has 0 amide bonds. The molecule has 114 valence electrons. The first-order valence-corrected chi connectivity index (χ1v) is 6.67. The SMILES string of the molecule is CCC(C)(C(=O)CC1C(=O)OC(C)(O)C1C)C(=O)OC. The van der Waals surface area contributed by atoms with Crippen molar-refractivity contribution >= 4 is 17.7 Å². The lowest BCUT2D eigenvalue weighted by Crippen LogP contribution is -2.39. The van der Waals surface area contributed by atoms with E-state index in [1.54, 1.807) is 13.8 Å². The fourth-order valence-corrected chi connectivity index (χ4v) is 2.32. The maximum atomic E-state index is 12.4. The number of esters is 2. The van der Waals surface area contributed by atoms with Crippen LogP contribution in [0.1, 0.15) is 40.5 Å².